The van der Waals surface area contributed by atoms with E-state index in [4.69, 9.17) is 4.99 Å². The summed E-state index contributed by atoms with van der Waals surface area (Å²) in [4.78, 5) is 9.93. The van der Waals surface area contributed by atoms with Crippen LogP contribution in [0.3, 0.4) is 0 Å². The number of hydrogen-bond acceptors (Lipinski definition) is 3. The highest BCUT2D eigenvalue weighted by Gasteiger charge is 2.15. The van der Waals surface area contributed by atoms with Crippen molar-refractivity contribution in [3.63, 3.8) is 0 Å². The SMILES string of the molecule is CCNC(=NCCCCN1CCCC(C)C1)NC(C)CCCN(CC)CC.I. The maximum absolute atomic E-state index is 4.79. The molecule has 0 spiro atoms. The zero-order valence-electron chi connectivity index (χ0n) is 19.3. The highest BCUT2D eigenvalue weighted by Crippen LogP contribution is 2.15. The second-order valence-corrected chi connectivity index (χ2v) is 8.23. The van der Waals surface area contributed by atoms with E-state index in [1.165, 1.54) is 64.7 Å². The van der Waals surface area contributed by atoms with E-state index in [0.29, 0.717) is 6.04 Å². The number of halogens is 1. The molecule has 0 aliphatic carbocycles. The molecule has 1 heterocycles. The second-order valence-electron chi connectivity index (χ2n) is 8.23. The van der Waals surface area contributed by atoms with E-state index < -0.39 is 0 Å². The maximum Gasteiger partial charge on any atom is 0.191 e. The van der Waals surface area contributed by atoms with Crippen molar-refractivity contribution in [3.8, 4) is 0 Å². The number of hydrogen-bond donors (Lipinski definition) is 2. The van der Waals surface area contributed by atoms with E-state index in [2.05, 4.69) is 55.1 Å². The molecule has 1 rings (SSSR count). The monoisotopic (exact) mass is 509 g/mol. The van der Waals surface area contributed by atoms with Crippen LogP contribution in [-0.2, 0) is 0 Å². The van der Waals surface area contributed by atoms with Crippen LogP contribution < -0.4 is 10.6 Å². The van der Waals surface area contributed by atoms with E-state index in [-0.39, 0.29) is 24.0 Å². The summed E-state index contributed by atoms with van der Waals surface area (Å²) < 4.78 is 0. The van der Waals surface area contributed by atoms with Gasteiger partial charge in [-0.15, -0.1) is 24.0 Å². The number of guanidine groups is 1. The number of nitrogens with one attached hydrogen (secondary N) is 2. The Balaban J connectivity index is 0.00000729. The summed E-state index contributed by atoms with van der Waals surface area (Å²) >= 11 is 0. The minimum Gasteiger partial charge on any atom is -0.357 e. The van der Waals surface area contributed by atoms with Gasteiger partial charge in [0.1, 0.15) is 0 Å². The van der Waals surface area contributed by atoms with Gasteiger partial charge in [0.15, 0.2) is 5.96 Å². The molecule has 1 aliphatic rings. The predicted octanol–water partition coefficient (Wildman–Crippen LogP) is 4.18. The van der Waals surface area contributed by atoms with Gasteiger partial charge < -0.3 is 20.4 Å². The summed E-state index contributed by atoms with van der Waals surface area (Å²) in [5.74, 6) is 1.86. The van der Waals surface area contributed by atoms with Gasteiger partial charge in [0.25, 0.3) is 0 Å². The molecule has 1 saturated heterocycles. The van der Waals surface area contributed by atoms with Gasteiger partial charge in [0, 0.05) is 25.7 Å². The van der Waals surface area contributed by atoms with Gasteiger partial charge in [-0.2, -0.15) is 0 Å². The third kappa shape index (κ3) is 13.2. The Morgan fingerprint density at radius 1 is 1.18 bits per heavy atom. The number of aliphatic imine (C=N–C) groups is 1. The van der Waals surface area contributed by atoms with Crippen LogP contribution in [0.5, 0.6) is 0 Å². The predicted molar refractivity (Wildman–Crippen MR) is 135 cm³/mol. The van der Waals surface area contributed by atoms with Crippen LogP contribution in [0.1, 0.15) is 73.1 Å². The molecule has 0 aromatic heterocycles. The number of unbranched alkanes of at least 4 members (excludes halogenated alkanes) is 1. The van der Waals surface area contributed by atoms with Gasteiger partial charge in [-0.25, -0.2) is 0 Å². The molecule has 0 radical (unpaired) electrons. The lowest BCUT2D eigenvalue weighted by Gasteiger charge is -2.30. The van der Waals surface area contributed by atoms with Crippen LogP contribution in [0.25, 0.3) is 0 Å². The van der Waals surface area contributed by atoms with Crippen molar-refractivity contribution < 1.29 is 0 Å². The molecule has 0 saturated carbocycles. The molecule has 0 aromatic rings. The van der Waals surface area contributed by atoms with Gasteiger partial charge in [0.2, 0.25) is 0 Å². The molecule has 6 heteroatoms. The number of nitrogens with zero attached hydrogens (tertiary/aromatic N) is 3. The topological polar surface area (TPSA) is 42.9 Å². The van der Waals surface area contributed by atoms with E-state index in [9.17, 15) is 0 Å². The van der Waals surface area contributed by atoms with E-state index in [0.717, 1.165) is 38.1 Å². The highest BCUT2D eigenvalue weighted by atomic mass is 127. The van der Waals surface area contributed by atoms with Crippen LogP contribution in [0.15, 0.2) is 4.99 Å². The summed E-state index contributed by atoms with van der Waals surface area (Å²) in [6.07, 6.45) is 7.65. The van der Waals surface area contributed by atoms with Crippen molar-refractivity contribution in [1.29, 1.82) is 0 Å². The Bertz CT molecular complexity index is 387. The largest absolute Gasteiger partial charge is 0.357 e. The average molecular weight is 510 g/mol. The van der Waals surface area contributed by atoms with Gasteiger partial charge >= 0.3 is 0 Å². The second kappa shape index (κ2) is 17.8. The number of piperidine rings is 1. The summed E-state index contributed by atoms with van der Waals surface area (Å²) in [6, 6.07) is 0.466. The normalized spacial score (nSPS) is 19.4. The molecule has 2 N–H and O–H groups in total. The fourth-order valence-corrected chi connectivity index (χ4v) is 3.91. The molecule has 2 unspecified atom stereocenters. The number of rotatable bonds is 13. The molecule has 0 amide bonds. The highest BCUT2D eigenvalue weighted by molar-refractivity contribution is 14.0. The van der Waals surface area contributed by atoms with Gasteiger partial charge in [-0.05, 0) is 91.0 Å². The van der Waals surface area contributed by atoms with Crippen LogP contribution in [0.2, 0.25) is 0 Å². The van der Waals surface area contributed by atoms with Crippen LogP contribution in [0, 0.1) is 5.92 Å². The average Bonchev–Trinajstić information content (AvgIpc) is 2.65. The van der Waals surface area contributed by atoms with Crippen molar-refractivity contribution in [2.45, 2.75) is 79.2 Å². The molecule has 168 valence electrons. The van der Waals surface area contributed by atoms with Crippen molar-refractivity contribution in [3.05, 3.63) is 0 Å². The summed E-state index contributed by atoms with van der Waals surface area (Å²) in [6.45, 7) is 20.4. The lowest BCUT2D eigenvalue weighted by atomic mass is 10.0. The van der Waals surface area contributed by atoms with Crippen LogP contribution >= 0.6 is 24.0 Å². The first kappa shape index (κ1) is 27.9. The molecule has 28 heavy (non-hydrogen) atoms. The first-order valence-electron chi connectivity index (χ1n) is 11.6. The van der Waals surface area contributed by atoms with E-state index >= 15 is 0 Å². The van der Waals surface area contributed by atoms with Gasteiger partial charge in [-0.1, -0.05) is 20.8 Å². The van der Waals surface area contributed by atoms with Crippen molar-refractivity contribution >= 4 is 29.9 Å². The maximum atomic E-state index is 4.79. The fourth-order valence-electron chi connectivity index (χ4n) is 3.91. The molecular weight excluding hydrogens is 461 g/mol. The van der Waals surface area contributed by atoms with E-state index in [1.807, 2.05) is 0 Å². The Morgan fingerprint density at radius 2 is 1.93 bits per heavy atom. The minimum atomic E-state index is 0. The summed E-state index contributed by atoms with van der Waals surface area (Å²) in [5, 5.41) is 6.98. The zero-order valence-corrected chi connectivity index (χ0v) is 21.6. The number of likely N-dealkylation sites (tertiary alicyclic amines) is 1. The first-order chi connectivity index (χ1) is 13.1. The van der Waals surface area contributed by atoms with Crippen molar-refractivity contribution in [2.24, 2.45) is 10.9 Å². The molecule has 0 bridgehead atoms. The van der Waals surface area contributed by atoms with Crippen molar-refractivity contribution in [2.75, 3.05) is 52.4 Å². The van der Waals surface area contributed by atoms with Gasteiger partial charge in [-0.3, -0.25) is 4.99 Å². The van der Waals surface area contributed by atoms with Crippen molar-refractivity contribution in [1.82, 2.24) is 20.4 Å². The Morgan fingerprint density at radius 3 is 2.57 bits per heavy atom. The Kier molecular flexibility index (Phi) is 17.7. The summed E-state index contributed by atoms with van der Waals surface area (Å²) in [7, 11) is 0. The van der Waals surface area contributed by atoms with E-state index in [1.54, 1.807) is 0 Å². The lowest BCUT2D eigenvalue weighted by Crippen LogP contribution is -2.42. The van der Waals surface area contributed by atoms with Crippen LogP contribution in [-0.4, -0.2) is 74.2 Å². The Hall–Kier alpha value is -0.0800. The molecule has 5 nitrogen and oxygen atoms in total. The minimum absolute atomic E-state index is 0. The molecule has 1 aliphatic heterocycles. The molecular formula is C22H48IN5. The Labute approximate surface area is 192 Å². The molecule has 2 atom stereocenters. The quantitative estimate of drug-likeness (QED) is 0.169. The third-order valence-corrected chi connectivity index (χ3v) is 5.63. The zero-order chi connectivity index (χ0) is 19.9. The lowest BCUT2D eigenvalue weighted by molar-refractivity contribution is 0.181. The van der Waals surface area contributed by atoms with Crippen LogP contribution in [0.4, 0.5) is 0 Å². The smallest absolute Gasteiger partial charge is 0.191 e. The fraction of sp³-hybridized carbons (Fsp3) is 0.955. The first-order valence-corrected chi connectivity index (χ1v) is 11.6. The third-order valence-electron chi connectivity index (χ3n) is 5.63. The molecule has 0 aromatic carbocycles. The van der Waals surface area contributed by atoms with Gasteiger partial charge in [0.05, 0.1) is 0 Å². The molecule has 1 fully saturated rings. The standard InChI is InChI=1S/C22H47N5.HI/c1-6-23-22(25-21(5)14-12-17-26(7-2)8-3)24-15-9-10-16-27-18-11-13-20(4)19-27;/h20-21H,6-19H2,1-5H3,(H2,23,24,25);1H. The summed E-state index contributed by atoms with van der Waals surface area (Å²) in [5.41, 5.74) is 0.